The third kappa shape index (κ3) is 5.20. The SMILES string of the molecule is O=C(O)CCC(=O)c1ccc(NC(=O)Oc2ccc(F)cc2)cc1. The van der Waals surface area contributed by atoms with Crippen molar-refractivity contribution in [2.45, 2.75) is 12.8 Å². The van der Waals surface area contributed by atoms with Crippen molar-refractivity contribution in [1.29, 1.82) is 0 Å². The number of ketones is 1. The van der Waals surface area contributed by atoms with Gasteiger partial charge in [-0.15, -0.1) is 0 Å². The molecule has 0 aliphatic carbocycles. The Bertz CT molecular complexity index is 741. The Hall–Kier alpha value is -3.22. The lowest BCUT2D eigenvalue weighted by molar-refractivity contribution is -0.136. The molecule has 0 aliphatic heterocycles. The molecule has 0 spiro atoms. The Morgan fingerprint density at radius 1 is 0.958 bits per heavy atom. The summed E-state index contributed by atoms with van der Waals surface area (Å²) in [5.74, 6) is -1.58. The second-order valence-corrected chi connectivity index (χ2v) is 4.86. The zero-order valence-electron chi connectivity index (χ0n) is 12.5. The lowest BCUT2D eigenvalue weighted by Crippen LogP contribution is -2.16. The molecule has 2 rings (SSSR count). The molecule has 2 aromatic carbocycles. The summed E-state index contributed by atoms with van der Waals surface area (Å²) in [7, 11) is 0. The van der Waals surface area contributed by atoms with Crippen LogP contribution in [0.25, 0.3) is 0 Å². The molecule has 0 saturated heterocycles. The lowest BCUT2D eigenvalue weighted by Gasteiger charge is -2.07. The van der Waals surface area contributed by atoms with Gasteiger partial charge in [-0.05, 0) is 48.5 Å². The van der Waals surface area contributed by atoms with Crippen LogP contribution in [0.15, 0.2) is 48.5 Å². The molecular weight excluding hydrogens is 317 g/mol. The molecule has 24 heavy (non-hydrogen) atoms. The van der Waals surface area contributed by atoms with E-state index in [0.29, 0.717) is 11.3 Å². The van der Waals surface area contributed by atoms with Crippen LogP contribution >= 0.6 is 0 Å². The third-order valence-corrected chi connectivity index (χ3v) is 3.04. The van der Waals surface area contributed by atoms with Crippen LogP contribution in [0.5, 0.6) is 5.75 Å². The van der Waals surface area contributed by atoms with Crippen molar-refractivity contribution in [3.8, 4) is 5.75 Å². The number of hydrogen-bond acceptors (Lipinski definition) is 4. The fraction of sp³-hybridized carbons (Fsp3) is 0.118. The van der Waals surface area contributed by atoms with Crippen molar-refractivity contribution >= 4 is 23.5 Å². The van der Waals surface area contributed by atoms with E-state index in [1.165, 1.54) is 48.5 Å². The van der Waals surface area contributed by atoms with E-state index in [4.69, 9.17) is 9.84 Å². The number of carboxylic acids is 1. The van der Waals surface area contributed by atoms with E-state index < -0.39 is 17.9 Å². The number of amides is 1. The summed E-state index contributed by atoms with van der Waals surface area (Å²) >= 11 is 0. The van der Waals surface area contributed by atoms with Crippen molar-refractivity contribution < 1.29 is 28.6 Å². The zero-order chi connectivity index (χ0) is 17.5. The van der Waals surface area contributed by atoms with E-state index in [-0.39, 0.29) is 24.4 Å². The topological polar surface area (TPSA) is 92.7 Å². The van der Waals surface area contributed by atoms with Crippen LogP contribution in [0.1, 0.15) is 23.2 Å². The van der Waals surface area contributed by atoms with Crippen LogP contribution in [-0.2, 0) is 4.79 Å². The summed E-state index contributed by atoms with van der Waals surface area (Å²) in [4.78, 5) is 33.9. The highest BCUT2D eigenvalue weighted by atomic mass is 19.1. The molecule has 0 aliphatic rings. The van der Waals surface area contributed by atoms with Crippen LogP contribution in [-0.4, -0.2) is 23.0 Å². The van der Waals surface area contributed by atoms with Crippen LogP contribution in [0.2, 0.25) is 0 Å². The maximum Gasteiger partial charge on any atom is 0.417 e. The summed E-state index contributed by atoms with van der Waals surface area (Å²) in [6, 6.07) is 10.9. The number of ether oxygens (including phenoxy) is 1. The summed E-state index contributed by atoms with van der Waals surface area (Å²) in [6.07, 6.45) is -1.08. The van der Waals surface area contributed by atoms with Gasteiger partial charge in [0.05, 0.1) is 6.42 Å². The van der Waals surface area contributed by atoms with Gasteiger partial charge in [0, 0.05) is 17.7 Å². The van der Waals surface area contributed by atoms with Crippen molar-refractivity contribution in [2.24, 2.45) is 0 Å². The highest BCUT2D eigenvalue weighted by Crippen LogP contribution is 2.15. The number of carbonyl (C=O) groups excluding carboxylic acids is 2. The minimum absolute atomic E-state index is 0.0886. The van der Waals surface area contributed by atoms with Crippen LogP contribution in [0.4, 0.5) is 14.9 Å². The second kappa shape index (κ2) is 7.87. The Balaban J connectivity index is 1.91. The number of anilines is 1. The van der Waals surface area contributed by atoms with E-state index in [0.717, 1.165) is 0 Å². The maximum atomic E-state index is 12.8. The molecule has 0 radical (unpaired) electrons. The van der Waals surface area contributed by atoms with Gasteiger partial charge in [0.1, 0.15) is 11.6 Å². The normalized spacial score (nSPS) is 10.0. The number of hydrogen-bond donors (Lipinski definition) is 2. The number of benzene rings is 2. The molecule has 0 unspecified atom stereocenters. The van der Waals surface area contributed by atoms with Crippen molar-refractivity contribution in [3.63, 3.8) is 0 Å². The monoisotopic (exact) mass is 331 g/mol. The Labute approximate surface area is 136 Å². The number of carbonyl (C=O) groups is 3. The highest BCUT2D eigenvalue weighted by Gasteiger charge is 2.10. The number of aliphatic carboxylic acids is 1. The van der Waals surface area contributed by atoms with Gasteiger partial charge in [0.2, 0.25) is 0 Å². The number of nitrogens with one attached hydrogen (secondary N) is 1. The number of halogens is 1. The predicted octanol–water partition coefficient (Wildman–Crippen LogP) is 3.48. The molecule has 124 valence electrons. The first-order valence-electron chi connectivity index (χ1n) is 7.03. The first-order valence-corrected chi connectivity index (χ1v) is 7.03. The minimum atomic E-state index is -1.04. The van der Waals surface area contributed by atoms with Crippen molar-refractivity contribution in [2.75, 3.05) is 5.32 Å². The highest BCUT2D eigenvalue weighted by molar-refractivity contribution is 5.98. The standard InChI is InChI=1S/C17H14FNO5/c18-12-3-7-14(8-4-12)24-17(23)19-13-5-1-11(2-6-13)15(20)9-10-16(21)22/h1-8H,9-10H2,(H,19,23)(H,21,22). The number of rotatable bonds is 6. The first kappa shape index (κ1) is 17.1. The number of carboxylic acid groups (broad SMARTS) is 1. The Kier molecular flexibility index (Phi) is 5.62. The van der Waals surface area contributed by atoms with Gasteiger partial charge in [-0.1, -0.05) is 0 Å². The van der Waals surface area contributed by atoms with E-state index >= 15 is 0 Å². The lowest BCUT2D eigenvalue weighted by atomic mass is 10.1. The summed E-state index contributed by atoms with van der Waals surface area (Å²) in [5, 5.41) is 11.0. The van der Waals surface area contributed by atoms with Gasteiger partial charge in [0.25, 0.3) is 0 Å². The van der Waals surface area contributed by atoms with Crippen molar-refractivity contribution in [3.05, 3.63) is 59.9 Å². The van der Waals surface area contributed by atoms with E-state index in [1.807, 2.05) is 0 Å². The van der Waals surface area contributed by atoms with Gasteiger partial charge in [-0.25, -0.2) is 9.18 Å². The molecule has 7 heteroatoms. The molecule has 0 saturated carbocycles. The van der Waals surface area contributed by atoms with Crippen LogP contribution in [0, 0.1) is 5.82 Å². The van der Waals surface area contributed by atoms with E-state index in [2.05, 4.69) is 5.32 Å². The molecule has 1 amide bonds. The van der Waals surface area contributed by atoms with Gasteiger partial charge in [0.15, 0.2) is 5.78 Å². The van der Waals surface area contributed by atoms with Gasteiger partial charge >= 0.3 is 12.1 Å². The maximum absolute atomic E-state index is 12.8. The van der Waals surface area contributed by atoms with E-state index in [1.54, 1.807) is 0 Å². The molecule has 6 nitrogen and oxygen atoms in total. The average molecular weight is 331 g/mol. The van der Waals surface area contributed by atoms with E-state index in [9.17, 15) is 18.8 Å². The molecule has 2 aromatic rings. The molecule has 0 heterocycles. The van der Waals surface area contributed by atoms with Gasteiger partial charge < -0.3 is 9.84 Å². The Morgan fingerprint density at radius 2 is 1.58 bits per heavy atom. The quantitative estimate of drug-likeness (QED) is 0.791. The molecule has 0 aromatic heterocycles. The summed E-state index contributed by atoms with van der Waals surface area (Å²) in [6.45, 7) is 0. The fourth-order valence-electron chi connectivity index (χ4n) is 1.86. The fourth-order valence-corrected chi connectivity index (χ4v) is 1.86. The summed E-state index contributed by atoms with van der Waals surface area (Å²) < 4.78 is 17.7. The minimum Gasteiger partial charge on any atom is -0.481 e. The predicted molar refractivity (Wildman–Crippen MR) is 83.7 cm³/mol. The van der Waals surface area contributed by atoms with Crippen molar-refractivity contribution in [1.82, 2.24) is 0 Å². The third-order valence-electron chi connectivity index (χ3n) is 3.04. The second-order valence-electron chi connectivity index (χ2n) is 4.86. The molecule has 0 bridgehead atoms. The smallest absolute Gasteiger partial charge is 0.417 e. The van der Waals surface area contributed by atoms with Crippen LogP contribution < -0.4 is 10.1 Å². The molecule has 2 N–H and O–H groups in total. The molecule has 0 fully saturated rings. The van der Waals surface area contributed by atoms with Gasteiger partial charge in [-0.3, -0.25) is 14.9 Å². The van der Waals surface area contributed by atoms with Gasteiger partial charge in [-0.2, -0.15) is 0 Å². The first-order chi connectivity index (χ1) is 11.4. The average Bonchev–Trinajstić information content (AvgIpc) is 2.55. The molecule has 0 atom stereocenters. The van der Waals surface area contributed by atoms with Crippen LogP contribution in [0.3, 0.4) is 0 Å². The summed E-state index contributed by atoms with van der Waals surface area (Å²) in [5.41, 5.74) is 0.755. The number of Topliss-reactive ketones (excluding diaryl/α,β-unsaturated/α-hetero) is 1. The zero-order valence-corrected chi connectivity index (χ0v) is 12.5. The largest absolute Gasteiger partial charge is 0.481 e. The molecular formula is C17H14FNO5. The Morgan fingerprint density at radius 3 is 2.17 bits per heavy atom.